The van der Waals surface area contributed by atoms with Gasteiger partial charge >= 0.3 is 0 Å². The molecule has 10 heterocycles. The van der Waals surface area contributed by atoms with Crippen molar-refractivity contribution in [2.45, 2.75) is 68.4 Å². The van der Waals surface area contributed by atoms with Gasteiger partial charge in [-0.2, -0.15) is 0 Å². The van der Waals surface area contributed by atoms with Crippen molar-refractivity contribution >= 4 is 286 Å². The number of carbonyl (C=O) groups excluding carboxylic acids is 1. The Balaban J connectivity index is 0.000000112. The molecule has 21 rings (SSSR count). The smallest absolute Gasteiger partial charge is 0.248 e. The molecule has 10 aromatic heterocycles. The number of aryl methyl sites for hydroxylation is 4. The summed E-state index contributed by atoms with van der Waals surface area (Å²) in [6.45, 7) is 19.8. The molecule has 11 aromatic carbocycles. The average Bonchev–Trinajstić information content (AvgIpc) is 1.65. The lowest BCUT2D eigenvalue weighted by Crippen LogP contribution is -2.12. The molecule has 24 nitrogen and oxygen atoms in total. The van der Waals surface area contributed by atoms with Crippen LogP contribution in [-0.4, -0.2) is 95.9 Å². The molecular formula is C92H81N17O7S10. The summed E-state index contributed by atoms with van der Waals surface area (Å²) in [7, 11) is 3.34. The van der Waals surface area contributed by atoms with Crippen molar-refractivity contribution in [1.29, 1.82) is 0 Å². The van der Waals surface area contributed by atoms with Gasteiger partial charge in [-0.15, -0.1) is 45.3 Å². The number of aromatic nitrogens is 10. The summed E-state index contributed by atoms with van der Waals surface area (Å²) in [5.74, 6) is 4.23. The number of carbonyl (C=O) groups is 1. The predicted octanol–water partition coefficient (Wildman–Crippen LogP) is 27.3. The van der Waals surface area contributed by atoms with Crippen LogP contribution < -0.4 is 66.1 Å². The molecule has 8 N–H and O–H groups in total. The molecule has 0 saturated heterocycles. The van der Waals surface area contributed by atoms with Gasteiger partial charge in [0.05, 0.1) is 152 Å². The van der Waals surface area contributed by atoms with Crippen LogP contribution in [0.2, 0.25) is 0 Å². The molecule has 126 heavy (non-hydrogen) atoms. The van der Waals surface area contributed by atoms with E-state index in [2.05, 4.69) is 100 Å². The maximum Gasteiger partial charge on any atom is 0.248 e. The molecule has 0 bridgehead atoms. The average molecular weight is 1860 g/mol. The Bertz CT molecular complexity index is 7250. The van der Waals surface area contributed by atoms with Crippen molar-refractivity contribution < 1.29 is 33.2 Å². The highest BCUT2D eigenvalue weighted by molar-refractivity contribution is 7.26. The van der Waals surface area contributed by atoms with Gasteiger partial charge in [-0.1, -0.05) is 129 Å². The predicted molar refractivity (Wildman–Crippen MR) is 532 cm³/mol. The van der Waals surface area contributed by atoms with Crippen LogP contribution in [0.5, 0.6) is 34.5 Å². The lowest BCUT2D eigenvalue weighted by atomic mass is 10.1. The highest BCUT2D eigenvalue weighted by Crippen LogP contribution is 2.45. The highest BCUT2D eigenvalue weighted by atomic mass is 32.1. The number of ether oxygens (including phenoxy) is 6. The molecule has 636 valence electrons. The largest absolute Gasteiger partial charge is 0.495 e. The molecule has 0 aliphatic carbocycles. The van der Waals surface area contributed by atoms with E-state index in [0.717, 1.165) is 201 Å². The van der Waals surface area contributed by atoms with Gasteiger partial charge in [-0.05, 0) is 202 Å². The Kier molecular flexibility index (Phi) is 26.1. The van der Waals surface area contributed by atoms with Crippen LogP contribution in [0.4, 0.5) is 64.9 Å². The number of amides is 1. The van der Waals surface area contributed by atoms with E-state index in [1.807, 2.05) is 196 Å². The number of thiazole rings is 10. The summed E-state index contributed by atoms with van der Waals surface area (Å²) in [4.78, 5) is 58.5. The zero-order chi connectivity index (χ0) is 87.1. The SMILES string of the molecule is CCOc1ccccc1Nc1nc2c(ccc3sc(C)nc32)s1.CCOc1ccccc1Nc1nc2c(ccc3sc(Nc4ccccc4OCC)nc32)s1.COc1ccccc1Nc1nc2c(ccc3nc(C)sc32)s1.COc1ccccc1Nc1nc2c(ccc3sc(C)nc32)s1.Cc1nc2ccc3sc(Nc4cc(C(N)=O)ccc4OC(C)C)nc3c2s1. The normalized spacial score (nSPS) is 11.2. The first-order valence-corrected chi connectivity index (χ1v) is 48.1. The first kappa shape index (κ1) is 85.6. The number of nitrogens with one attached hydrogen (secondary N) is 6. The van der Waals surface area contributed by atoms with E-state index in [0.29, 0.717) is 36.8 Å². The van der Waals surface area contributed by atoms with Crippen LogP contribution in [0.3, 0.4) is 0 Å². The molecule has 34 heteroatoms. The summed E-state index contributed by atoms with van der Waals surface area (Å²) in [5.41, 5.74) is 20.7. The summed E-state index contributed by atoms with van der Waals surface area (Å²) in [6.07, 6.45) is 0.000128. The van der Waals surface area contributed by atoms with Gasteiger partial charge in [-0.25, -0.2) is 49.8 Å². The van der Waals surface area contributed by atoms with Crippen LogP contribution in [-0.2, 0) is 0 Å². The molecule has 0 fully saturated rings. The number of methoxy groups -OCH3 is 2. The van der Waals surface area contributed by atoms with Crippen LogP contribution in [0.1, 0.15) is 65.0 Å². The van der Waals surface area contributed by atoms with Crippen molar-refractivity contribution in [2.75, 3.05) is 65.9 Å². The monoisotopic (exact) mass is 1860 g/mol. The number of anilines is 12. The lowest BCUT2D eigenvalue weighted by Gasteiger charge is -2.15. The van der Waals surface area contributed by atoms with Gasteiger partial charge in [0.2, 0.25) is 5.91 Å². The van der Waals surface area contributed by atoms with Gasteiger partial charge in [0.1, 0.15) is 78.6 Å². The van der Waals surface area contributed by atoms with Gasteiger partial charge in [-0.3, -0.25) is 4.79 Å². The van der Waals surface area contributed by atoms with E-state index in [9.17, 15) is 4.79 Å². The van der Waals surface area contributed by atoms with Gasteiger partial charge in [0.15, 0.2) is 30.8 Å². The minimum atomic E-state index is -0.486. The Labute approximate surface area is 763 Å². The third-order valence-corrected chi connectivity index (χ3v) is 28.3. The van der Waals surface area contributed by atoms with Crippen molar-refractivity contribution in [3.05, 3.63) is 226 Å². The zero-order valence-corrected chi connectivity index (χ0v) is 77.9. The van der Waals surface area contributed by atoms with Crippen LogP contribution in [0, 0.1) is 27.7 Å². The molecule has 0 aliphatic heterocycles. The molecule has 0 saturated carbocycles. The second-order valence-electron chi connectivity index (χ2n) is 28.0. The second kappa shape index (κ2) is 38.5. The zero-order valence-electron chi connectivity index (χ0n) is 69.7. The minimum Gasteiger partial charge on any atom is -0.495 e. The van der Waals surface area contributed by atoms with Crippen LogP contribution in [0.15, 0.2) is 200 Å². The summed E-state index contributed by atoms with van der Waals surface area (Å²) < 4.78 is 45.0. The van der Waals surface area contributed by atoms with Gasteiger partial charge < -0.3 is 66.1 Å². The number of primary amides is 1. The van der Waals surface area contributed by atoms with E-state index in [4.69, 9.17) is 64.1 Å². The van der Waals surface area contributed by atoms with E-state index in [1.54, 1.807) is 146 Å². The van der Waals surface area contributed by atoms with Crippen molar-refractivity contribution in [3.63, 3.8) is 0 Å². The van der Waals surface area contributed by atoms with E-state index < -0.39 is 5.91 Å². The molecule has 0 radical (unpaired) electrons. The Morgan fingerprint density at radius 1 is 0.310 bits per heavy atom. The number of rotatable bonds is 23. The standard InChI is InChI=1S/C24H22N4O2S2.C19H18N4O2S2.C17H15N3OS2.2C16H13N3OS2/c1-3-29-17-11-7-5-9-15(17)25-23-27-21-19(31-23)13-14-20-22(21)28-24(32-20)26-16-10-6-8-12-18(16)30-4-2;1-9(2)25-14-6-4-11(18(20)24)8-13(14)22-19-23-16-15(27-19)7-5-12-17(16)26-10(3)21-12;1-3-21-12-7-5-4-6-11(12)19-17-20-16-14(23-17)9-8-13-15(16)18-10(2)22-13;1-9-17-11-7-8-13-14(15(11)21-9)19-16(22-13)18-10-5-3-4-6-12(10)20-2;1-9-17-14-12(21-9)7-8-13-15(14)19-16(22-13)18-10-5-3-4-6-11(10)20-2/h5-14H,3-4H2,1-2H3,(H,25,27)(H,26,28);4-9H,1-3H3,(H2,20,24)(H,22,23);4-9H,3H2,1-2H3,(H,19,20);2*3-8H,1-2H3,(H,18,19). The molecule has 21 aromatic rings. The first-order chi connectivity index (χ1) is 61.4. The topological polar surface area (TPSA) is 300 Å². The molecule has 1 amide bonds. The third kappa shape index (κ3) is 19.3. The summed E-state index contributed by atoms with van der Waals surface area (Å²) >= 11 is 16.4. The number of para-hydroxylation sites is 10. The van der Waals surface area contributed by atoms with Crippen molar-refractivity contribution in [2.24, 2.45) is 5.73 Å². The van der Waals surface area contributed by atoms with Crippen LogP contribution >= 0.6 is 113 Å². The Morgan fingerprint density at radius 3 is 0.897 bits per heavy atom. The number of fused-ring (bicyclic) bond motifs is 15. The number of nitrogens with two attached hydrogens (primary N) is 1. The number of nitrogens with zero attached hydrogens (tertiary/aromatic N) is 10. The minimum absolute atomic E-state index is 0.000128. The second-order valence-corrected chi connectivity index (χ2v) is 39.1. The molecule has 0 aliphatic rings. The maximum atomic E-state index is 11.6. The molecule has 0 unspecified atom stereocenters. The quantitative estimate of drug-likeness (QED) is 0.0313. The van der Waals surface area contributed by atoms with E-state index in [-0.39, 0.29) is 6.10 Å². The molecule has 0 atom stereocenters. The number of hydrogen-bond acceptors (Lipinski definition) is 33. The van der Waals surface area contributed by atoms with Crippen molar-refractivity contribution in [3.8, 4) is 34.5 Å². The van der Waals surface area contributed by atoms with Gasteiger partial charge in [0.25, 0.3) is 0 Å². The molecular weight excluding hydrogens is 1780 g/mol. The fourth-order valence-corrected chi connectivity index (χ4v) is 22.4. The highest BCUT2D eigenvalue weighted by Gasteiger charge is 2.21. The first-order valence-electron chi connectivity index (χ1n) is 39.9. The Morgan fingerprint density at radius 2 is 0.579 bits per heavy atom. The lowest BCUT2D eigenvalue weighted by molar-refractivity contribution is 0.1000. The van der Waals surface area contributed by atoms with Crippen molar-refractivity contribution in [1.82, 2.24) is 49.8 Å². The fraction of sp³-hybridized carbons (Fsp3) is 0.163. The van der Waals surface area contributed by atoms with Gasteiger partial charge in [0, 0.05) is 5.56 Å². The third-order valence-electron chi connectivity index (χ3n) is 18.9. The maximum absolute atomic E-state index is 11.6. The Hall–Kier alpha value is -12.6. The molecule has 0 spiro atoms. The van der Waals surface area contributed by atoms with E-state index >= 15 is 0 Å². The number of benzene rings is 11. The summed E-state index contributed by atoms with van der Waals surface area (Å²) in [5, 5.41) is 29.3. The van der Waals surface area contributed by atoms with E-state index in [1.165, 1.54) is 9.40 Å². The fourth-order valence-electron chi connectivity index (χ4n) is 13.5. The number of hydrogen-bond donors (Lipinski definition) is 7. The summed E-state index contributed by atoms with van der Waals surface area (Å²) in [6, 6.07) is 65.3. The van der Waals surface area contributed by atoms with Crippen LogP contribution in [0.25, 0.3) is 102 Å².